The van der Waals surface area contributed by atoms with Crippen molar-refractivity contribution < 1.29 is 0 Å². The van der Waals surface area contributed by atoms with Gasteiger partial charge in [-0.05, 0) is 18.1 Å². The molecule has 3 rings (SSSR count). The lowest BCUT2D eigenvalue weighted by Crippen LogP contribution is -2.29. The van der Waals surface area contributed by atoms with E-state index in [-0.39, 0.29) is 0 Å². The van der Waals surface area contributed by atoms with Crippen LogP contribution in [-0.2, 0) is 26.9 Å². The van der Waals surface area contributed by atoms with Crippen LogP contribution in [0.3, 0.4) is 0 Å². The van der Waals surface area contributed by atoms with Gasteiger partial charge in [-0.1, -0.05) is 6.07 Å². The molecular weight excluding hydrogens is 270 g/mol. The Bertz CT molecular complexity index is 905. The summed E-state index contributed by atoms with van der Waals surface area (Å²) in [5, 5.41) is 0. The van der Waals surface area contributed by atoms with Gasteiger partial charge in [0.25, 0.3) is 5.56 Å². The summed E-state index contributed by atoms with van der Waals surface area (Å²) in [6.45, 7) is 0. The van der Waals surface area contributed by atoms with Gasteiger partial charge in [-0.25, -0.2) is 9.78 Å². The van der Waals surface area contributed by atoms with E-state index in [9.17, 15) is 9.59 Å². The van der Waals surface area contributed by atoms with Gasteiger partial charge >= 0.3 is 5.69 Å². The molecule has 0 saturated carbocycles. The fraction of sp³-hybridized carbons (Fsp3) is 0.286. The highest BCUT2D eigenvalue weighted by Crippen LogP contribution is 2.11. The van der Waals surface area contributed by atoms with Crippen LogP contribution in [-0.4, -0.2) is 24.1 Å². The molecule has 0 radical (unpaired) electrons. The second-order valence-corrected chi connectivity index (χ2v) is 4.94. The Morgan fingerprint density at radius 3 is 2.71 bits per heavy atom. The van der Waals surface area contributed by atoms with Crippen molar-refractivity contribution in [1.82, 2.24) is 24.1 Å². The van der Waals surface area contributed by atoms with Gasteiger partial charge in [-0.3, -0.25) is 19.3 Å². The third kappa shape index (κ3) is 2.26. The number of nitrogens with one attached hydrogen (secondary N) is 1. The van der Waals surface area contributed by atoms with Crippen LogP contribution in [0.2, 0.25) is 0 Å². The van der Waals surface area contributed by atoms with Crippen molar-refractivity contribution >= 4 is 11.2 Å². The van der Waals surface area contributed by atoms with Gasteiger partial charge in [-0.15, -0.1) is 0 Å². The van der Waals surface area contributed by atoms with Crippen LogP contribution in [0.15, 0.2) is 34.1 Å². The van der Waals surface area contributed by atoms with Gasteiger partial charge in [0.2, 0.25) is 0 Å². The molecule has 0 fully saturated rings. The molecule has 7 heteroatoms. The molecule has 21 heavy (non-hydrogen) atoms. The molecule has 0 aliphatic heterocycles. The Morgan fingerprint density at radius 2 is 2.00 bits per heavy atom. The molecule has 3 aromatic rings. The van der Waals surface area contributed by atoms with Crippen molar-refractivity contribution in [1.29, 1.82) is 0 Å². The van der Waals surface area contributed by atoms with E-state index >= 15 is 0 Å². The van der Waals surface area contributed by atoms with Crippen LogP contribution in [0.25, 0.3) is 11.2 Å². The maximum atomic E-state index is 11.9. The van der Waals surface area contributed by atoms with Crippen LogP contribution in [0.4, 0.5) is 0 Å². The van der Waals surface area contributed by atoms with Crippen LogP contribution in [0.5, 0.6) is 0 Å². The lowest BCUT2D eigenvalue weighted by Gasteiger charge is -2.02. The molecule has 0 amide bonds. The average Bonchev–Trinajstić information content (AvgIpc) is 2.81. The van der Waals surface area contributed by atoms with E-state index in [2.05, 4.69) is 15.0 Å². The molecular formula is C14H15N5O2. The monoisotopic (exact) mass is 285 g/mol. The second kappa shape index (κ2) is 5.01. The first-order valence-electron chi connectivity index (χ1n) is 6.61. The van der Waals surface area contributed by atoms with Crippen molar-refractivity contribution in [3.63, 3.8) is 0 Å². The Labute approximate surface area is 119 Å². The summed E-state index contributed by atoms with van der Waals surface area (Å²) < 4.78 is 3.09. The van der Waals surface area contributed by atoms with E-state index in [0.29, 0.717) is 17.6 Å². The van der Waals surface area contributed by atoms with Crippen molar-refractivity contribution in [3.8, 4) is 0 Å². The molecule has 3 heterocycles. The van der Waals surface area contributed by atoms with E-state index in [1.165, 1.54) is 4.57 Å². The van der Waals surface area contributed by atoms with E-state index < -0.39 is 11.2 Å². The summed E-state index contributed by atoms with van der Waals surface area (Å²) in [5.41, 5.74) is 1.07. The quantitative estimate of drug-likeness (QED) is 0.741. The number of hydrogen-bond donors (Lipinski definition) is 1. The molecule has 7 nitrogen and oxygen atoms in total. The average molecular weight is 285 g/mol. The molecule has 3 aromatic heterocycles. The van der Waals surface area contributed by atoms with Crippen LogP contribution < -0.4 is 11.2 Å². The zero-order valence-electron chi connectivity index (χ0n) is 11.8. The standard InChI is InChI=1S/C14H15N5O2/c1-18-10(6-5-9-4-3-7-15-8-9)16-12-11(18)13(20)17-14(21)19(12)2/h3-4,7-8H,5-6H2,1-2H3,(H,17,20,21). The molecule has 0 aliphatic carbocycles. The summed E-state index contributed by atoms with van der Waals surface area (Å²) in [7, 11) is 3.38. The van der Waals surface area contributed by atoms with E-state index in [1.807, 2.05) is 18.3 Å². The highest BCUT2D eigenvalue weighted by Gasteiger charge is 2.14. The number of H-pyrrole nitrogens is 1. The summed E-state index contributed by atoms with van der Waals surface area (Å²) in [6, 6.07) is 3.89. The number of rotatable bonds is 3. The molecule has 0 unspecified atom stereocenters. The summed E-state index contributed by atoms with van der Waals surface area (Å²) >= 11 is 0. The smallest absolute Gasteiger partial charge is 0.325 e. The van der Waals surface area contributed by atoms with Gasteiger partial charge in [0.05, 0.1) is 0 Å². The summed E-state index contributed by atoms with van der Waals surface area (Å²) in [4.78, 5) is 34.3. The maximum Gasteiger partial charge on any atom is 0.329 e. The lowest BCUT2D eigenvalue weighted by molar-refractivity contribution is 0.783. The number of imidazole rings is 1. The van der Waals surface area contributed by atoms with Gasteiger partial charge in [0.1, 0.15) is 5.82 Å². The molecule has 0 aromatic carbocycles. The molecule has 0 spiro atoms. The van der Waals surface area contributed by atoms with Crippen molar-refractivity contribution in [2.24, 2.45) is 14.1 Å². The van der Waals surface area contributed by atoms with Gasteiger partial charge in [-0.2, -0.15) is 0 Å². The number of hydrogen-bond acceptors (Lipinski definition) is 4. The molecule has 0 saturated heterocycles. The SMILES string of the molecule is Cn1c(CCc2cccnc2)nc2c1c(=O)[nH]c(=O)n2C. The van der Waals surface area contributed by atoms with E-state index in [4.69, 9.17) is 0 Å². The molecule has 0 atom stereocenters. The number of nitrogens with zero attached hydrogens (tertiary/aromatic N) is 4. The first-order chi connectivity index (χ1) is 10.1. The predicted molar refractivity (Wildman–Crippen MR) is 78.2 cm³/mol. The zero-order chi connectivity index (χ0) is 15.0. The van der Waals surface area contributed by atoms with Gasteiger partial charge in [0, 0.05) is 32.9 Å². The van der Waals surface area contributed by atoms with Gasteiger partial charge < -0.3 is 4.57 Å². The van der Waals surface area contributed by atoms with Crippen molar-refractivity contribution in [2.75, 3.05) is 0 Å². The molecule has 0 bridgehead atoms. The fourth-order valence-electron chi connectivity index (χ4n) is 2.38. The second-order valence-electron chi connectivity index (χ2n) is 4.94. The van der Waals surface area contributed by atoms with E-state index in [1.54, 1.807) is 24.9 Å². The third-order valence-corrected chi connectivity index (χ3v) is 3.59. The number of fused-ring (bicyclic) bond motifs is 1. The predicted octanol–water partition coefficient (Wildman–Crippen LogP) is 0.140. The Kier molecular flexibility index (Phi) is 3.17. The normalized spacial score (nSPS) is 11.1. The van der Waals surface area contributed by atoms with Crippen LogP contribution in [0.1, 0.15) is 11.4 Å². The minimum atomic E-state index is -0.454. The molecule has 1 N–H and O–H groups in total. The minimum absolute atomic E-state index is 0.407. The maximum absolute atomic E-state index is 11.9. The zero-order valence-corrected chi connectivity index (χ0v) is 11.8. The fourth-order valence-corrected chi connectivity index (χ4v) is 2.38. The number of aromatic amines is 1. The van der Waals surface area contributed by atoms with Gasteiger partial charge in [0.15, 0.2) is 11.2 Å². The number of pyridine rings is 1. The largest absolute Gasteiger partial charge is 0.329 e. The Morgan fingerprint density at radius 1 is 1.19 bits per heavy atom. The highest BCUT2D eigenvalue weighted by molar-refractivity contribution is 5.70. The Balaban J connectivity index is 2.03. The number of aryl methyl sites for hydroxylation is 4. The molecule has 0 aliphatic rings. The number of aromatic nitrogens is 5. The minimum Gasteiger partial charge on any atom is -0.325 e. The van der Waals surface area contributed by atoms with Crippen LogP contribution >= 0.6 is 0 Å². The highest BCUT2D eigenvalue weighted by atomic mass is 16.2. The first kappa shape index (κ1) is 13.3. The molecule has 108 valence electrons. The first-order valence-corrected chi connectivity index (χ1v) is 6.61. The lowest BCUT2D eigenvalue weighted by atomic mass is 10.1. The summed E-state index contributed by atoms with van der Waals surface area (Å²) in [5.74, 6) is 0.764. The summed E-state index contributed by atoms with van der Waals surface area (Å²) in [6.07, 6.45) is 4.99. The van der Waals surface area contributed by atoms with Crippen molar-refractivity contribution in [2.45, 2.75) is 12.8 Å². The third-order valence-electron chi connectivity index (χ3n) is 3.59. The van der Waals surface area contributed by atoms with Crippen molar-refractivity contribution in [3.05, 3.63) is 56.8 Å². The van der Waals surface area contributed by atoms with Crippen LogP contribution in [0, 0.1) is 0 Å². The van der Waals surface area contributed by atoms with E-state index in [0.717, 1.165) is 17.8 Å². The Hall–Kier alpha value is -2.70. The topological polar surface area (TPSA) is 85.6 Å².